The first-order valence-electron chi connectivity index (χ1n) is 5.93. The predicted molar refractivity (Wildman–Crippen MR) is 81.6 cm³/mol. The van der Waals surface area contributed by atoms with Crippen molar-refractivity contribution in [3.05, 3.63) is 52.5 Å². The number of amides is 1. The third-order valence-electron chi connectivity index (χ3n) is 2.73. The molecule has 1 N–H and O–H groups in total. The molecule has 20 heavy (non-hydrogen) atoms. The monoisotopic (exact) mass is 335 g/mol. The van der Waals surface area contributed by atoms with Gasteiger partial charge in [-0.1, -0.05) is 22.0 Å². The average molecular weight is 336 g/mol. The van der Waals surface area contributed by atoms with Crippen LogP contribution in [0.25, 0.3) is 0 Å². The molecule has 0 bridgehead atoms. The van der Waals surface area contributed by atoms with E-state index in [1.165, 1.54) is 0 Å². The van der Waals surface area contributed by atoms with Crippen LogP contribution < -0.4 is 14.8 Å². The Morgan fingerprint density at radius 3 is 2.45 bits per heavy atom. The molecule has 0 saturated carbocycles. The summed E-state index contributed by atoms with van der Waals surface area (Å²) in [6.07, 6.45) is 0. The van der Waals surface area contributed by atoms with Gasteiger partial charge in [0, 0.05) is 21.8 Å². The molecule has 2 aromatic rings. The Morgan fingerprint density at radius 1 is 1.05 bits per heavy atom. The molecule has 0 unspecified atom stereocenters. The first-order chi connectivity index (χ1) is 9.63. The molecular formula is C15H14BrNO3. The van der Waals surface area contributed by atoms with Crippen LogP contribution in [0.2, 0.25) is 0 Å². The molecule has 0 aliphatic rings. The molecule has 1 amide bonds. The molecule has 104 valence electrons. The van der Waals surface area contributed by atoms with E-state index in [9.17, 15) is 4.79 Å². The van der Waals surface area contributed by atoms with E-state index in [0.29, 0.717) is 22.7 Å². The Kier molecular flexibility index (Phi) is 4.63. The first-order valence-corrected chi connectivity index (χ1v) is 6.72. The zero-order valence-electron chi connectivity index (χ0n) is 11.1. The van der Waals surface area contributed by atoms with Crippen molar-refractivity contribution in [1.82, 2.24) is 0 Å². The van der Waals surface area contributed by atoms with Gasteiger partial charge in [0.1, 0.15) is 0 Å². The van der Waals surface area contributed by atoms with Gasteiger partial charge in [-0.05, 0) is 30.3 Å². The summed E-state index contributed by atoms with van der Waals surface area (Å²) < 4.78 is 11.2. The van der Waals surface area contributed by atoms with Crippen molar-refractivity contribution < 1.29 is 14.3 Å². The number of ether oxygens (including phenoxy) is 2. The van der Waals surface area contributed by atoms with Crippen LogP contribution in [0.15, 0.2) is 46.9 Å². The highest BCUT2D eigenvalue weighted by molar-refractivity contribution is 9.10. The van der Waals surface area contributed by atoms with E-state index in [1.54, 1.807) is 44.6 Å². The van der Waals surface area contributed by atoms with Crippen LogP contribution in [0.1, 0.15) is 10.4 Å². The zero-order chi connectivity index (χ0) is 14.5. The van der Waals surface area contributed by atoms with Gasteiger partial charge in [0.25, 0.3) is 5.91 Å². The molecule has 0 heterocycles. The highest BCUT2D eigenvalue weighted by Crippen LogP contribution is 2.29. The molecular weight excluding hydrogens is 322 g/mol. The van der Waals surface area contributed by atoms with Crippen molar-refractivity contribution in [1.29, 1.82) is 0 Å². The molecule has 5 heteroatoms. The summed E-state index contributed by atoms with van der Waals surface area (Å²) in [5.41, 5.74) is 1.22. The van der Waals surface area contributed by atoms with E-state index in [-0.39, 0.29) is 5.91 Å². The predicted octanol–water partition coefficient (Wildman–Crippen LogP) is 3.72. The van der Waals surface area contributed by atoms with Crippen molar-refractivity contribution in [2.24, 2.45) is 0 Å². The second-order valence-corrected chi connectivity index (χ2v) is 4.95. The number of anilines is 1. The molecule has 0 aromatic heterocycles. The standard InChI is InChI=1S/C15H14BrNO3/c1-19-13-7-6-12(9-14(13)20-2)17-15(18)10-4-3-5-11(16)8-10/h3-9H,1-2H3,(H,17,18). The minimum atomic E-state index is -0.182. The molecule has 4 nitrogen and oxygen atoms in total. The van der Waals surface area contributed by atoms with E-state index in [2.05, 4.69) is 21.2 Å². The van der Waals surface area contributed by atoms with Crippen LogP contribution in [0, 0.1) is 0 Å². The Morgan fingerprint density at radius 2 is 1.80 bits per heavy atom. The summed E-state index contributed by atoms with van der Waals surface area (Å²) >= 11 is 3.34. The summed E-state index contributed by atoms with van der Waals surface area (Å²) in [5, 5.41) is 2.82. The third-order valence-corrected chi connectivity index (χ3v) is 3.22. The molecule has 2 aromatic carbocycles. The fourth-order valence-corrected chi connectivity index (χ4v) is 2.15. The highest BCUT2D eigenvalue weighted by atomic mass is 79.9. The minimum Gasteiger partial charge on any atom is -0.493 e. The van der Waals surface area contributed by atoms with E-state index in [0.717, 1.165) is 4.47 Å². The van der Waals surface area contributed by atoms with Gasteiger partial charge in [-0.3, -0.25) is 4.79 Å². The Balaban J connectivity index is 2.19. The number of benzene rings is 2. The van der Waals surface area contributed by atoms with E-state index in [4.69, 9.17) is 9.47 Å². The third kappa shape index (κ3) is 3.30. The van der Waals surface area contributed by atoms with Gasteiger partial charge in [0.05, 0.1) is 14.2 Å². The number of rotatable bonds is 4. The lowest BCUT2D eigenvalue weighted by atomic mass is 10.2. The molecule has 0 radical (unpaired) electrons. The number of carbonyl (C=O) groups is 1. The maximum atomic E-state index is 12.1. The van der Waals surface area contributed by atoms with Gasteiger partial charge < -0.3 is 14.8 Å². The van der Waals surface area contributed by atoms with Crippen LogP contribution in [0.3, 0.4) is 0 Å². The average Bonchev–Trinajstić information content (AvgIpc) is 2.47. The number of nitrogens with one attached hydrogen (secondary N) is 1. The van der Waals surface area contributed by atoms with Gasteiger partial charge in [0.15, 0.2) is 11.5 Å². The lowest BCUT2D eigenvalue weighted by Gasteiger charge is -2.10. The normalized spacial score (nSPS) is 9.95. The van der Waals surface area contributed by atoms with Gasteiger partial charge in [-0.2, -0.15) is 0 Å². The van der Waals surface area contributed by atoms with E-state index < -0.39 is 0 Å². The fraction of sp³-hybridized carbons (Fsp3) is 0.133. The van der Waals surface area contributed by atoms with Crippen molar-refractivity contribution >= 4 is 27.5 Å². The molecule has 0 saturated heterocycles. The fourth-order valence-electron chi connectivity index (χ4n) is 1.75. The van der Waals surface area contributed by atoms with Crippen molar-refractivity contribution in [3.63, 3.8) is 0 Å². The van der Waals surface area contributed by atoms with Gasteiger partial charge in [0.2, 0.25) is 0 Å². The highest BCUT2D eigenvalue weighted by Gasteiger charge is 2.09. The second-order valence-electron chi connectivity index (χ2n) is 4.03. The molecule has 0 aliphatic heterocycles. The number of carbonyl (C=O) groups excluding carboxylic acids is 1. The first kappa shape index (κ1) is 14.4. The SMILES string of the molecule is COc1ccc(NC(=O)c2cccc(Br)c2)cc1OC. The van der Waals surface area contributed by atoms with Crippen molar-refractivity contribution in [2.45, 2.75) is 0 Å². The van der Waals surface area contributed by atoms with Crippen LogP contribution in [-0.4, -0.2) is 20.1 Å². The van der Waals surface area contributed by atoms with Gasteiger partial charge >= 0.3 is 0 Å². The van der Waals surface area contributed by atoms with Crippen molar-refractivity contribution in [2.75, 3.05) is 19.5 Å². The smallest absolute Gasteiger partial charge is 0.255 e. The van der Waals surface area contributed by atoms with E-state index in [1.807, 2.05) is 12.1 Å². The second kappa shape index (κ2) is 6.43. The number of hydrogen-bond acceptors (Lipinski definition) is 3. The topological polar surface area (TPSA) is 47.6 Å². The quantitative estimate of drug-likeness (QED) is 0.926. The Labute approximate surface area is 125 Å². The maximum absolute atomic E-state index is 12.1. The molecule has 2 rings (SSSR count). The minimum absolute atomic E-state index is 0.182. The Bertz CT molecular complexity index is 628. The summed E-state index contributed by atoms with van der Waals surface area (Å²) in [6.45, 7) is 0. The molecule has 0 atom stereocenters. The summed E-state index contributed by atoms with van der Waals surface area (Å²) in [5.74, 6) is 1.01. The zero-order valence-corrected chi connectivity index (χ0v) is 12.7. The van der Waals surface area contributed by atoms with Crippen LogP contribution in [-0.2, 0) is 0 Å². The van der Waals surface area contributed by atoms with Gasteiger partial charge in [-0.15, -0.1) is 0 Å². The maximum Gasteiger partial charge on any atom is 0.255 e. The molecule has 0 spiro atoms. The lowest BCUT2D eigenvalue weighted by Crippen LogP contribution is -2.11. The van der Waals surface area contributed by atoms with Crippen LogP contribution in [0.4, 0.5) is 5.69 Å². The summed E-state index contributed by atoms with van der Waals surface area (Å²) in [4.78, 5) is 12.1. The van der Waals surface area contributed by atoms with Crippen LogP contribution in [0.5, 0.6) is 11.5 Å². The van der Waals surface area contributed by atoms with Gasteiger partial charge in [-0.25, -0.2) is 0 Å². The van der Waals surface area contributed by atoms with E-state index >= 15 is 0 Å². The number of halogens is 1. The lowest BCUT2D eigenvalue weighted by molar-refractivity contribution is 0.102. The van der Waals surface area contributed by atoms with Crippen molar-refractivity contribution in [3.8, 4) is 11.5 Å². The summed E-state index contributed by atoms with van der Waals surface area (Å²) in [7, 11) is 3.12. The molecule has 0 aliphatic carbocycles. The Hall–Kier alpha value is -2.01. The number of methoxy groups -OCH3 is 2. The number of hydrogen-bond donors (Lipinski definition) is 1. The largest absolute Gasteiger partial charge is 0.493 e. The molecule has 0 fully saturated rings. The van der Waals surface area contributed by atoms with Crippen LogP contribution >= 0.6 is 15.9 Å². The summed E-state index contributed by atoms with van der Waals surface area (Å²) in [6, 6.07) is 12.4.